The zero-order chi connectivity index (χ0) is 21.0. The third kappa shape index (κ3) is 4.91. The number of amides is 2. The van der Waals surface area contributed by atoms with Gasteiger partial charge in [-0.3, -0.25) is 4.79 Å². The summed E-state index contributed by atoms with van der Waals surface area (Å²) in [5.41, 5.74) is 1.97. The van der Waals surface area contributed by atoms with E-state index >= 15 is 0 Å². The first-order valence-electron chi connectivity index (χ1n) is 8.83. The molecule has 0 radical (unpaired) electrons. The first kappa shape index (κ1) is 21.2. The van der Waals surface area contributed by atoms with Gasteiger partial charge in [0.1, 0.15) is 11.1 Å². The molecule has 1 N–H and O–H groups in total. The monoisotopic (exact) mass is 449 g/mol. The summed E-state index contributed by atoms with van der Waals surface area (Å²) in [5, 5.41) is 13.7. The molecule has 2 heterocycles. The minimum Gasteiger partial charge on any atom is -0.450 e. The van der Waals surface area contributed by atoms with Gasteiger partial charge in [0, 0.05) is 27.5 Å². The first-order valence-corrected chi connectivity index (χ1v) is 10.4. The molecule has 9 heteroatoms. The van der Waals surface area contributed by atoms with Crippen molar-refractivity contribution in [1.29, 1.82) is 5.26 Å². The maximum atomic E-state index is 12.3. The van der Waals surface area contributed by atoms with Gasteiger partial charge in [0.25, 0.3) is 0 Å². The predicted octanol–water partition coefficient (Wildman–Crippen LogP) is 5.09. The number of fused-ring (bicyclic) bond motifs is 1. The lowest BCUT2D eigenvalue weighted by Crippen LogP contribution is -2.35. The van der Waals surface area contributed by atoms with Gasteiger partial charge in [-0.05, 0) is 42.7 Å². The molecule has 0 spiro atoms. The number of hydrogen-bond acceptors (Lipinski definition) is 5. The summed E-state index contributed by atoms with van der Waals surface area (Å²) < 4.78 is 5.04. The van der Waals surface area contributed by atoms with Crippen molar-refractivity contribution >= 4 is 57.6 Å². The SMILES string of the molecule is CCOC(=O)N1CCc2c(sc(NC(=O)/C=C/c3ccc(Cl)cc3Cl)c2C#N)C1. The molecule has 1 aliphatic heterocycles. The van der Waals surface area contributed by atoms with Gasteiger partial charge in [0.15, 0.2) is 0 Å². The molecule has 1 aromatic carbocycles. The Bertz CT molecular complexity index is 1030. The van der Waals surface area contributed by atoms with Crippen molar-refractivity contribution in [3.8, 4) is 6.07 Å². The molecule has 2 aromatic rings. The average molecular weight is 450 g/mol. The Morgan fingerprint density at radius 3 is 2.90 bits per heavy atom. The molecule has 1 aliphatic rings. The maximum Gasteiger partial charge on any atom is 0.410 e. The van der Waals surface area contributed by atoms with Crippen LogP contribution in [-0.4, -0.2) is 30.1 Å². The zero-order valence-corrected chi connectivity index (χ0v) is 17.8. The van der Waals surface area contributed by atoms with E-state index in [0.717, 1.165) is 10.4 Å². The van der Waals surface area contributed by atoms with E-state index in [2.05, 4.69) is 11.4 Å². The topological polar surface area (TPSA) is 82.4 Å². The quantitative estimate of drug-likeness (QED) is 0.658. The number of nitrogens with zero attached hydrogens (tertiary/aromatic N) is 2. The minimum absolute atomic E-state index is 0.307. The summed E-state index contributed by atoms with van der Waals surface area (Å²) in [7, 11) is 0. The van der Waals surface area contributed by atoms with E-state index in [9.17, 15) is 14.9 Å². The standard InChI is InChI=1S/C20H17Cl2N3O3S/c1-2-28-20(27)25-8-7-14-15(10-23)19(29-17(14)11-25)24-18(26)6-4-12-3-5-13(21)9-16(12)22/h3-6,9H,2,7-8,11H2,1H3,(H,24,26)/b6-4+. The predicted molar refractivity (Wildman–Crippen MR) is 114 cm³/mol. The zero-order valence-electron chi connectivity index (χ0n) is 15.5. The van der Waals surface area contributed by atoms with Crippen molar-refractivity contribution in [1.82, 2.24) is 4.90 Å². The molecular formula is C20H17Cl2N3O3S. The molecule has 0 fully saturated rings. The van der Waals surface area contributed by atoms with Crippen molar-refractivity contribution in [3.05, 3.63) is 55.9 Å². The van der Waals surface area contributed by atoms with Crippen LogP contribution < -0.4 is 5.32 Å². The Hall–Kier alpha value is -2.53. The van der Waals surface area contributed by atoms with Gasteiger partial charge in [-0.1, -0.05) is 29.3 Å². The highest BCUT2D eigenvalue weighted by Crippen LogP contribution is 2.36. The molecule has 2 amide bonds. The van der Waals surface area contributed by atoms with Crippen molar-refractivity contribution < 1.29 is 14.3 Å². The molecule has 0 aliphatic carbocycles. The molecule has 6 nitrogen and oxygen atoms in total. The fraction of sp³-hybridized carbons (Fsp3) is 0.250. The second-order valence-corrected chi connectivity index (χ2v) is 8.13. The average Bonchev–Trinajstić information content (AvgIpc) is 3.03. The minimum atomic E-state index is -0.381. The maximum absolute atomic E-state index is 12.3. The molecule has 3 rings (SSSR count). The molecule has 29 heavy (non-hydrogen) atoms. The summed E-state index contributed by atoms with van der Waals surface area (Å²) in [6.07, 6.45) is 3.09. The van der Waals surface area contributed by atoms with E-state index in [1.54, 1.807) is 36.1 Å². The number of carbonyl (C=O) groups excluding carboxylic acids is 2. The summed E-state index contributed by atoms with van der Waals surface area (Å²) in [4.78, 5) is 26.8. The largest absolute Gasteiger partial charge is 0.450 e. The summed E-state index contributed by atoms with van der Waals surface area (Å²) in [6, 6.07) is 7.16. The van der Waals surface area contributed by atoms with Gasteiger partial charge < -0.3 is 15.0 Å². The van der Waals surface area contributed by atoms with Crippen LogP contribution in [-0.2, 0) is 22.5 Å². The molecule has 1 aromatic heterocycles. The lowest BCUT2D eigenvalue weighted by molar-refractivity contribution is -0.111. The van der Waals surface area contributed by atoms with Gasteiger partial charge in [-0.25, -0.2) is 4.79 Å². The van der Waals surface area contributed by atoms with E-state index in [1.165, 1.54) is 17.4 Å². The first-order chi connectivity index (χ1) is 13.9. The van der Waals surface area contributed by atoms with E-state index < -0.39 is 0 Å². The van der Waals surface area contributed by atoms with Crippen LogP contribution >= 0.6 is 34.5 Å². The van der Waals surface area contributed by atoms with Crippen LogP contribution in [0.2, 0.25) is 10.0 Å². The normalized spacial score (nSPS) is 13.1. The van der Waals surface area contributed by atoms with Gasteiger partial charge in [-0.15, -0.1) is 11.3 Å². The molecule has 0 unspecified atom stereocenters. The number of benzene rings is 1. The Morgan fingerprint density at radius 1 is 1.41 bits per heavy atom. The Balaban J connectivity index is 1.75. The van der Waals surface area contributed by atoms with Crippen molar-refractivity contribution in [3.63, 3.8) is 0 Å². The molecular weight excluding hydrogens is 433 g/mol. The van der Waals surface area contributed by atoms with E-state index in [4.69, 9.17) is 27.9 Å². The number of nitrogens with one attached hydrogen (secondary N) is 1. The smallest absolute Gasteiger partial charge is 0.410 e. The summed E-state index contributed by atoms with van der Waals surface area (Å²) in [6.45, 7) is 2.89. The number of thiophene rings is 1. The van der Waals surface area contributed by atoms with Gasteiger partial charge in [0.05, 0.1) is 18.7 Å². The van der Waals surface area contributed by atoms with Crippen molar-refractivity contribution in [2.75, 3.05) is 18.5 Å². The number of anilines is 1. The summed E-state index contributed by atoms with van der Waals surface area (Å²) >= 11 is 13.3. The van der Waals surface area contributed by atoms with Crippen LogP contribution in [0, 0.1) is 11.3 Å². The fourth-order valence-electron chi connectivity index (χ4n) is 2.94. The van der Waals surface area contributed by atoms with Crippen molar-refractivity contribution in [2.45, 2.75) is 19.9 Å². The second-order valence-electron chi connectivity index (χ2n) is 6.18. The Morgan fingerprint density at radius 2 is 2.21 bits per heavy atom. The third-order valence-electron chi connectivity index (χ3n) is 4.31. The number of halogens is 2. The lowest BCUT2D eigenvalue weighted by atomic mass is 10.0. The highest BCUT2D eigenvalue weighted by atomic mass is 35.5. The molecule has 150 valence electrons. The van der Waals surface area contributed by atoms with Gasteiger partial charge in [-0.2, -0.15) is 5.26 Å². The van der Waals surface area contributed by atoms with Crippen LogP contribution in [0.1, 0.15) is 28.5 Å². The second kappa shape index (κ2) is 9.31. The Kier molecular flexibility index (Phi) is 6.80. The van der Waals surface area contributed by atoms with Gasteiger partial charge >= 0.3 is 6.09 Å². The fourth-order valence-corrected chi connectivity index (χ4v) is 4.62. The highest BCUT2D eigenvalue weighted by molar-refractivity contribution is 7.16. The van der Waals surface area contributed by atoms with E-state index in [1.807, 2.05) is 0 Å². The lowest BCUT2D eigenvalue weighted by Gasteiger charge is -2.25. The van der Waals surface area contributed by atoms with Crippen LogP contribution in [0.3, 0.4) is 0 Å². The Labute approximate surface area is 182 Å². The van der Waals surface area contributed by atoms with Crippen molar-refractivity contribution in [2.24, 2.45) is 0 Å². The van der Waals surface area contributed by atoms with Crippen LogP contribution in [0.25, 0.3) is 6.08 Å². The highest BCUT2D eigenvalue weighted by Gasteiger charge is 2.27. The molecule has 0 saturated carbocycles. The number of nitriles is 1. The molecule has 0 saturated heterocycles. The third-order valence-corrected chi connectivity index (χ3v) is 6.00. The number of carbonyl (C=O) groups is 2. The van der Waals surface area contributed by atoms with Crippen LogP contribution in [0.4, 0.5) is 9.80 Å². The van der Waals surface area contributed by atoms with Crippen LogP contribution in [0.5, 0.6) is 0 Å². The van der Waals surface area contributed by atoms with Crippen LogP contribution in [0.15, 0.2) is 24.3 Å². The summed E-state index contributed by atoms with van der Waals surface area (Å²) in [5.74, 6) is -0.381. The van der Waals surface area contributed by atoms with E-state index in [-0.39, 0.29) is 12.0 Å². The van der Waals surface area contributed by atoms with E-state index in [0.29, 0.717) is 52.3 Å². The number of ether oxygens (including phenoxy) is 1. The molecule has 0 bridgehead atoms. The van der Waals surface area contributed by atoms with Gasteiger partial charge in [0.2, 0.25) is 5.91 Å². The number of rotatable bonds is 4. The number of hydrogen-bond donors (Lipinski definition) is 1. The molecule has 0 atom stereocenters.